The number of hydrogen-bond donors (Lipinski definition) is 0. The van der Waals surface area contributed by atoms with Gasteiger partial charge in [0.25, 0.3) is 0 Å². The Kier molecular flexibility index (Phi) is 5.44. The van der Waals surface area contributed by atoms with Crippen molar-refractivity contribution in [2.24, 2.45) is 5.92 Å². The lowest BCUT2D eigenvalue weighted by molar-refractivity contribution is -0.122. The number of halogens is 1. The molecule has 1 amide bonds. The Morgan fingerprint density at radius 2 is 1.83 bits per heavy atom. The zero-order valence-electron chi connectivity index (χ0n) is 19.9. The van der Waals surface area contributed by atoms with Gasteiger partial charge in [-0.15, -0.1) is 5.10 Å². The molecule has 8 heteroatoms. The van der Waals surface area contributed by atoms with Crippen LogP contribution in [-0.4, -0.2) is 45.5 Å². The van der Waals surface area contributed by atoms with Crippen LogP contribution in [0.25, 0.3) is 16.6 Å². The van der Waals surface area contributed by atoms with Gasteiger partial charge in [0.15, 0.2) is 5.82 Å². The van der Waals surface area contributed by atoms with E-state index < -0.39 is 0 Å². The number of aromatic nitrogens is 4. The highest BCUT2D eigenvalue weighted by molar-refractivity contribution is 6.30. The summed E-state index contributed by atoms with van der Waals surface area (Å²) < 4.78 is 1.93. The fourth-order valence-electron chi connectivity index (χ4n) is 5.52. The predicted molar refractivity (Wildman–Crippen MR) is 139 cm³/mol. The Hall–Kier alpha value is -3.45. The molecule has 6 rings (SSSR count). The second kappa shape index (κ2) is 8.64. The minimum atomic E-state index is -0.0764. The maximum Gasteiger partial charge on any atom is 0.231 e. The monoisotopic (exact) mass is 486 g/mol. The first-order chi connectivity index (χ1) is 17.0. The van der Waals surface area contributed by atoms with Gasteiger partial charge in [-0.05, 0) is 69.0 Å². The second-order valence-electron chi connectivity index (χ2n) is 9.46. The maximum atomic E-state index is 13.6. The van der Waals surface area contributed by atoms with Crippen LogP contribution in [0.3, 0.4) is 0 Å². The third kappa shape index (κ3) is 3.74. The van der Waals surface area contributed by atoms with Gasteiger partial charge in [-0.2, -0.15) is 10.2 Å². The Bertz CT molecular complexity index is 1430. The molecule has 0 N–H and O–H groups in total. The Morgan fingerprint density at radius 1 is 1.03 bits per heavy atom. The Morgan fingerprint density at radius 3 is 2.66 bits per heavy atom. The molecule has 7 nitrogen and oxygen atoms in total. The summed E-state index contributed by atoms with van der Waals surface area (Å²) in [6, 6.07) is 15.9. The van der Waals surface area contributed by atoms with E-state index in [1.54, 1.807) is 0 Å². The minimum absolute atomic E-state index is 0.0764. The van der Waals surface area contributed by atoms with E-state index in [-0.39, 0.29) is 11.8 Å². The number of para-hydroxylation sites is 1. The lowest BCUT2D eigenvalue weighted by Crippen LogP contribution is -2.45. The molecule has 4 aromatic rings. The zero-order valence-corrected chi connectivity index (χ0v) is 20.7. The topological polar surface area (TPSA) is 67.2 Å². The molecule has 4 heterocycles. The van der Waals surface area contributed by atoms with Gasteiger partial charge >= 0.3 is 0 Å². The van der Waals surface area contributed by atoms with Crippen molar-refractivity contribution in [2.45, 2.75) is 33.1 Å². The number of anilines is 2. The van der Waals surface area contributed by atoms with E-state index in [9.17, 15) is 4.79 Å². The normalized spacial score (nSPS) is 17.7. The van der Waals surface area contributed by atoms with Gasteiger partial charge in [0, 0.05) is 30.3 Å². The van der Waals surface area contributed by atoms with Crippen molar-refractivity contribution >= 4 is 39.9 Å². The number of benzene rings is 2. The lowest BCUT2D eigenvalue weighted by atomic mass is 9.96. The van der Waals surface area contributed by atoms with Crippen LogP contribution in [-0.2, 0) is 11.2 Å². The highest BCUT2D eigenvalue weighted by Gasteiger charge is 2.34. The average Bonchev–Trinajstić information content (AvgIpc) is 3.46. The highest BCUT2D eigenvalue weighted by Crippen LogP contribution is 2.34. The van der Waals surface area contributed by atoms with Gasteiger partial charge in [-0.3, -0.25) is 4.79 Å². The van der Waals surface area contributed by atoms with Gasteiger partial charge in [0.05, 0.1) is 28.4 Å². The van der Waals surface area contributed by atoms with Crippen molar-refractivity contribution in [1.82, 2.24) is 20.0 Å². The number of fused-ring (bicyclic) bond motifs is 2. The van der Waals surface area contributed by atoms with Crippen molar-refractivity contribution in [3.05, 3.63) is 70.5 Å². The maximum absolute atomic E-state index is 13.6. The first-order valence-electron chi connectivity index (χ1n) is 12.1. The summed E-state index contributed by atoms with van der Waals surface area (Å²) in [5, 5.41) is 15.7. The number of rotatable bonds is 3. The third-order valence-corrected chi connectivity index (χ3v) is 7.53. The Labute approximate surface area is 209 Å². The molecule has 0 bridgehead atoms. The quantitative estimate of drug-likeness (QED) is 0.412. The Balaban J connectivity index is 1.33. The SMILES string of the molecule is Cc1nnc(N2CCC[C@H](C(=O)N3CCc4ccccc43)C2)c2nn(-c3ccc(Cl)cc3)c(C)c12. The molecule has 0 radical (unpaired) electrons. The van der Waals surface area contributed by atoms with Crippen LogP contribution in [0.1, 0.15) is 29.8 Å². The molecule has 0 saturated carbocycles. The first kappa shape index (κ1) is 22.0. The molecule has 2 aromatic heterocycles. The van der Waals surface area contributed by atoms with Gasteiger partial charge in [0.1, 0.15) is 5.52 Å². The average molecular weight is 487 g/mol. The van der Waals surface area contributed by atoms with E-state index >= 15 is 0 Å². The fraction of sp³-hybridized carbons (Fsp3) is 0.333. The molecule has 2 aromatic carbocycles. The number of hydrogen-bond acceptors (Lipinski definition) is 5. The van der Waals surface area contributed by atoms with Gasteiger partial charge in [-0.25, -0.2) is 4.68 Å². The largest absolute Gasteiger partial charge is 0.352 e. The molecular weight excluding hydrogens is 460 g/mol. The fourth-order valence-corrected chi connectivity index (χ4v) is 5.64. The van der Waals surface area contributed by atoms with E-state index in [1.807, 2.05) is 52.9 Å². The molecule has 1 atom stereocenters. The van der Waals surface area contributed by atoms with Gasteiger partial charge in [0.2, 0.25) is 5.91 Å². The third-order valence-electron chi connectivity index (χ3n) is 7.28. The number of carbonyl (C=O) groups is 1. The number of carbonyl (C=O) groups excluding carboxylic acids is 1. The first-order valence-corrected chi connectivity index (χ1v) is 12.5. The molecular formula is C27H27ClN6O. The van der Waals surface area contributed by atoms with E-state index in [1.165, 1.54) is 5.56 Å². The van der Waals surface area contributed by atoms with Crippen molar-refractivity contribution < 1.29 is 4.79 Å². The van der Waals surface area contributed by atoms with Crippen molar-refractivity contribution in [3.8, 4) is 5.69 Å². The van der Waals surface area contributed by atoms with Gasteiger partial charge in [-0.1, -0.05) is 29.8 Å². The van der Waals surface area contributed by atoms with Crippen molar-refractivity contribution in [1.29, 1.82) is 0 Å². The molecule has 1 saturated heterocycles. The van der Waals surface area contributed by atoms with Crippen molar-refractivity contribution in [2.75, 3.05) is 29.4 Å². The smallest absolute Gasteiger partial charge is 0.231 e. The summed E-state index contributed by atoms with van der Waals surface area (Å²) in [6.07, 6.45) is 2.73. The van der Waals surface area contributed by atoms with E-state index in [0.29, 0.717) is 11.6 Å². The number of amides is 1. The zero-order chi connectivity index (χ0) is 24.1. The van der Waals surface area contributed by atoms with E-state index in [2.05, 4.69) is 34.2 Å². The lowest BCUT2D eigenvalue weighted by Gasteiger charge is -2.34. The van der Waals surface area contributed by atoms with Gasteiger partial charge < -0.3 is 9.80 Å². The standard InChI is InChI=1S/C27H27ClN6O/c1-17-24-18(2)34(22-11-9-21(28)10-12-22)31-25(24)26(30-29-17)32-14-5-7-20(16-32)27(35)33-15-13-19-6-3-4-8-23(19)33/h3-4,6,8-12,20H,5,7,13-16H2,1-2H3/t20-/m0/s1. The molecule has 1 fully saturated rings. The molecule has 2 aliphatic heterocycles. The summed E-state index contributed by atoms with van der Waals surface area (Å²) in [5.74, 6) is 0.882. The van der Waals surface area contributed by atoms with Crippen molar-refractivity contribution in [3.63, 3.8) is 0 Å². The molecule has 0 spiro atoms. The second-order valence-corrected chi connectivity index (χ2v) is 9.90. The summed E-state index contributed by atoms with van der Waals surface area (Å²) >= 11 is 6.10. The highest BCUT2D eigenvalue weighted by atomic mass is 35.5. The molecule has 0 aliphatic carbocycles. The number of aryl methyl sites for hydroxylation is 2. The van der Waals surface area contributed by atoms with E-state index in [4.69, 9.17) is 16.7 Å². The van der Waals surface area contributed by atoms with E-state index in [0.717, 1.165) is 71.8 Å². The van der Waals surface area contributed by atoms with Crippen LogP contribution in [0.5, 0.6) is 0 Å². The summed E-state index contributed by atoms with van der Waals surface area (Å²) in [5.41, 5.74) is 5.93. The van der Waals surface area contributed by atoms with Crippen LogP contribution in [0.15, 0.2) is 48.5 Å². The molecule has 2 aliphatic rings. The molecule has 0 unspecified atom stereocenters. The summed E-state index contributed by atoms with van der Waals surface area (Å²) in [6.45, 7) is 6.23. The number of nitrogens with zero attached hydrogens (tertiary/aromatic N) is 6. The van der Waals surface area contributed by atoms with Crippen LogP contribution in [0.4, 0.5) is 11.5 Å². The summed E-state index contributed by atoms with van der Waals surface area (Å²) in [4.78, 5) is 17.7. The minimum Gasteiger partial charge on any atom is -0.352 e. The molecule has 35 heavy (non-hydrogen) atoms. The van der Waals surface area contributed by atoms with Crippen LogP contribution in [0.2, 0.25) is 5.02 Å². The molecule has 178 valence electrons. The van der Waals surface area contributed by atoms with Crippen LogP contribution >= 0.6 is 11.6 Å². The van der Waals surface area contributed by atoms with Crippen LogP contribution < -0.4 is 9.80 Å². The predicted octanol–water partition coefficient (Wildman–Crippen LogP) is 4.89. The van der Waals surface area contributed by atoms with Crippen LogP contribution in [0, 0.1) is 19.8 Å². The number of piperidine rings is 1. The summed E-state index contributed by atoms with van der Waals surface area (Å²) in [7, 11) is 0.